The number of nitrogens with one attached hydrogen (secondary N) is 2. The van der Waals surface area contributed by atoms with Crippen molar-refractivity contribution >= 4 is 11.6 Å². The van der Waals surface area contributed by atoms with Gasteiger partial charge < -0.3 is 10.6 Å². The van der Waals surface area contributed by atoms with E-state index in [2.05, 4.69) is 29.4 Å². The molecule has 1 atom stereocenters. The first kappa shape index (κ1) is 15.8. The average molecular weight is 289 g/mol. The largest absolute Gasteiger partial charge is 0.385 e. The van der Waals surface area contributed by atoms with E-state index in [0.717, 1.165) is 43.0 Å². The van der Waals surface area contributed by atoms with Gasteiger partial charge in [-0.2, -0.15) is 0 Å². The molecule has 0 aliphatic carbocycles. The number of benzene rings is 1. The van der Waals surface area contributed by atoms with Crippen LogP contribution in [-0.2, 0) is 0 Å². The highest BCUT2D eigenvalue weighted by Gasteiger charge is 2.23. The van der Waals surface area contributed by atoms with Crippen LogP contribution in [-0.4, -0.2) is 43.0 Å². The zero-order valence-corrected chi connectivity index (χ0v) is 13.4. The SMILES string of the molecule is CCNc1ccc(C(=O)NCC2CCCN2CC)c(C)c1. The number of nitrogens with zero attached hydrogens (tertiary/aromatic N) is 1. The summed E-state index contributed by atoms with van der Waals surface area (Å²) < 4.78 is 0. The van der Waals surface area contributed by atoms with Gasteiger partial charge in [0.2, 0.25) is 0 Å². The van der Waals surface area contributed by atoms with Gasteiger partial charge >= 0.3 is 0 Å². The van der Waals surface area contributed by atoms with Gasteiger partial charge in [-0.3, -0.25) is 9.69 Å². The Morgan fingerprint density at radius 1 is 1.38 bits per heavy atom. The highest BCUT2D eigenvalue weighted by Crippen LogP contribution is 2.17. The smallest absolute Gasteiger partial charge is 0.251 e. The molecule has 0 spiro atoms. The van der Waals surface area contributed by atoms with Crippen molar-refractivity contribution in [3.8, 4) is 0 Å². The summed E-state index contributed by atoms with van der Waals surface area (Å²) in [6.07, 6.45) is 2.43. The lowest BCUT2D eigenvalue weighted by Gasteiger charge is -2.23. The molecule has 1 fully saturated rings. The maximum absolute atomic E-state index is 12.3. The second-order valence-electron chi connectivity index (χ2n) is 5.69. The molecule has 4 heteroatoms. The summed E-state index contributed by atoms with van der Waals surface area (Å²) >= 11 is 0. The third kappa shape index (κ3) is 3.97. The molecule has 1 aromatic rings. The summed E-state index contributed by atoms with van der Waals surface area (Å²) in [5, 5.41) is 6.36. The number of rotatable bonds is 6. The van der Waals surface area contributed by atoms with Gasteiger partial charge in [0, 0.05) is 30.4 Å². The van der Waals surface area contributed by atoms with Crippen molar-refractivity contribution in [3.05, 3.63) is 29.3 Å². The van der Waals surface area contributed by atoms with Gasteiger partial charge in [-0.1, -0.05) is 6.92 Å². The molecule has 2 N–H and O–H groups in total. The van der Waals surface area contributed by atoms with Crippen molar-refractivity contribution < 1.29 is 4.79 Å². The van der Waals surface area contributed by atoms with Crippen LogP contribution in [0.25, 0.3) is 0 Å². The summed E-state index contributed by atoms with van der Waals surface area (Å²) in [7, 11) is 0. The minimum atomic E-state index is 0.0403. The maximum Gasteiger partial charge on any atom is 0.251 e. The normalized spacial score (nSPS) is 18.7. The van der Waals surface area contributed by atoms with Crippen LogP contribution in [0.3, 0.4) is 0 Å². The van der Waals surface area contributed by atoms with E-state index in [0.29, 0.717) is 6.04 Å². The fourth-order valence-electron chi connectivity index (χ4n) is 3.08. The summed E-state index contributed by atoms with van der Waals surface area (Å²) in [6.45, 7) is 10.1. The number of aryl methyl sites for hydroxylation is 1. The Balaban J connectivity index is 1.94. The first-order chi connectivity index (χ1) is 10.2. The molecule has 116 valence electrons. The Labute approximate surface area is 127 Å². The predicted octanol–water partition coefficient (Wildman–Crippen LogP) is 2.64. The van der Waals surface area contributed by atoms with Gasteiger partial charge in [-0.15, -0.1) is 0 Å². The second-order valence-corrected chi connectivity index (χ2v) is 5.69. The molecule has 0 saturated carbocycles. The molecule has 1 saturated heterocycles. The molecule has 0 bridgehead atoms. The van der Waals surface area contributed by atoms with Crippen LogP contribution < -0.4 is 10.6 Å². The molecule has 1 heterocycles. The Morgan fingerprint density at radius 3 is 2.86 bits per heavy atom. The van der Waals surface area contributed by atoms with Crippen molar-refractivity contribution in [3.63, 3.8) is 0 Å². The first-order valence-electron chi connectivity index (χ1n) is 8.02. The van der Waals surface area contributed by atoms with Crippen LogP contribution in [0.2, 0.25) is 0 Å². The highest BCUT2D eigenvalue weighted by molar-refractivity contribution is 5.96. The molecule has 21 heavy (non-hydrogen) atoms. The van der Waals surface area contributed by atoms with E-state index in [1.54, 1.807) is 0 Å². The Hall–Kier alpha value is -1.55. The minimum Gasteiger partial charge on any atom is -0.385 e. The van der Waals surface area contributed by atoms with E-state index < -0.39 is 0 Å². The molecule has 0 radical (unpaired) electrons. The maximum atomic E-state index is 12.3. The fraction of sp³-hybridized carbons (Fsp3) is 0.588. The van der Waals surface area contributed by atoms with Crippen LogP contribution in [0.4, 0.5) is 5.69 Å². The van der Waals surface area contributed by atoms with E-state index in [-0.39, 0.29) is 5.91 Å². The number of hydrogen-bond donors (Lipinski definition) is 2. The Morgan fingerprint density at radius 2 is 2.19 bits per heavy atom. The Bertz CT molecular complexity index is 487. The second kappa shape index (κ2) is 7.46. The molecule has 1 aliphatic heterocycles. The third-order valence-electron chi connectivity index (χ3n) is 4.26. The lowest BCUT2D eigenvalue weighted by Crippen LogP contribution is -2.40. The number of likely N-dealkylation sites (N-methyl/N-ethyl adjacent to an activating group) is 1. The number of carbonyl (C=O) groups excluding carboxylic acids is 1. The molecule has 1 unspecified atom stereocenters. The summed E-state index contributed by atoms with van der Waals surface area (Å²) in [4.78, 5) is 14.8. The van der Waals surface area contributed by atoms with E-state index >= 15 is 0 Å². The van der Waals surface area contributed by atoms with E-state index in [1.807, 2.05) is 25.1 Å². The number of anilines is 1. The molecule has 2 rings (SSSR count). The first-order valence-corrected chi connectivity index (χ1v) is 8.02. The minimum absolute atomic E-state index is 0.0403. The summed E-state index contributed by atoms with van der Waals surface area (Å²) in [6, 6.07) is 6.42. The highest BCUT2D eigenvalue weighted by atomic mass is 16.1. The van der Waals surface area contributed by atoms with Gasteiger partial charge in [0.25, 0.3) is 5.91 Å². The number of likely N-dealkylation sites (tertiary alicyclic amines) is 1. The number of amides is 1. The lowest BCUT2D eigenvalue weighted by molar-refractivity contribution is 0.0941. The quantitative estimate of drug-likeness (QED) is 0.846. The van der Waals surface area contributed by atoms with E-state index in [9.17, 15) is 4.79 Å². The zero-order valence-electron chi connectivity index (χ0n) is 13.4. The molecule has 0 aromatic heterocycles. The predicted molar refractivity (Wildman–Crippen MR) is 87.9 cm³/mol. The number of carbonyl (C=O) groups is 1. The number of hydrogen-bond acceptors (Lipinski definition) is 3. The van der Waals surface area contributed by atoms with Crippen LogP contribution in [0, 0.1) is 6.92 Å². The van der Waals surface area contributed by atoms with Crippen molar-refractivity contribution in [2.24, 2.45) is 0 Å². The fourth-order valence-corrected chi connectivity index (χ4v) is 3.08. The van der Waals surface area contributed by atoms with Crippen LogP contribution in [0.5, 0.6) is 0 Å². The van der Waals surface area contributed by atoms with Crippen molar-refractivity contribution in [1.29, 1.82) is 0 Å². The van der Waals surface area contributed by atoms with Gasteiger partial charge in [0.1, 0.15) is 0 Å². The molecule has 1 amide bonds. The standard InChI is InChI=1S/C17H27N3O/c1-4-18-14-8-9-16(13(3)11-14)17(21)19-12-15-7-6-10-20(15)5-2/h8-9,11,15,18H,4-7,10,12H2,1-3H3,(H,19,21). The molecule has 1 aliphatic rings. The van der Waals surface area contributed by atoms with E-state index in [1.165, 1.54) is 12.8 Å². The van der Waals surface area contributed by atoms with Gasteiger partial charge in [0.05, 0.1) is 0 Å². The zero-order chi connectivity index (χ0) is 15.2. The average Bonchev–Trinajstić information content (AvgIpc) is 2.92. The van der Waals surface area contributed by atoms with Crippen molar-refractivity contribution in [2.45, 2.75) is 39.7 Å². The van der Waals surface area contributed by atoms with Crippen LogP contribution in [0.15, 0.2) is 18.2 Å². The monoisotopic (exact) mass is 289 g/mol. The van der Waals surface area contributed by atoms with Crippen LogP contribution >= 0.6 is 0 Å². The van der Waals surface area contributed by atoms with Crippen LogP contribution in [0.1, 0.15) is 42.6 Å². The third-order valence-corrected chi connectivity index (χ3v) is 4.26. The van der Waals surface area contributed by atoms with Gasteiger partial charge in [-0.05, 0) is 63.5 Å². The summed E-state index contributed by atoms with van der Waals surface area (Å²) in [5.74, 6) is 0.0403. The molecular weight excluding hydrogens is 262 g/mol. The summed E-state index contributed by atoms with van der Waals surface area (Å²) in [5.41, 5.74) is 2.86. The van der Waals surface area contributed by atoms with E-state index in [4.69, 9.17) is 0 Å². The van der Waals surface area contributed by atoms with Crippen molar-refractivity contribution in [2.75, 3.05) is 31.5 Å². The van der Waals surface area contributed by atoms with Gasteiger partial charge in [-0.25, -0.2) is 0 Å². The van der Waals surface area contributed by atoms with Gasteiger partial charge in [0.15, 0.2) is 0 Å². The Kier molecular flexibility index (Phi) is 5.62. The molecular formula is C17H27N3O. The molecule has 4 nitrogen and oxygen atoms in total. The lowest BCUT2D eigenvalue weighted by atomic mass is 10.1. The topological polar surface area (TPSA) is 44.4 Å². The molecule has 1 aromatic carbocycles. The van der Waals surface area contributed by atoms with Crippen molar-refractivity contribution in [1.82, 2.24) is 10.2 Å².